The molecule has 1 N–H and O–H groups in total. The maximum absolute atomic E-state index is 11.3. The fraction of sp³-hybridized carbons (Fsp3) is 0.333. The Kier molecular flexibility index (Phi) is 4.09. The lowest BCUT2D eigenvalue weighted by Crippen LogP contribution is -2.14. The van der Waals surface area contributed by atoms with Gasteiger partial charge in [0.2, 0.25) is 0 Å². The second-order valence-corrected chi connectivity index (χ2v) is 3.80. The van der Waals surface area contributed by atoms with Crippen LogP contribution >= 0.6 is 0 Å². The van der Waals surface area contributed by atoms with Crippen LogP contribution < -0.4 is 9.47 Å². The van der Waals surface area contributed by atoms with Gasteiger partial charge in [0.25, 0.3) is 0 Å². The summed E-state index contributed by atoms with van der Waals surface area (Å²) in [7, 11) is 0. The quantitative estimate of drug-likeness (QED) is 0.643. The highest BCUT2D eigenvalue weighted by atomic mass is 16.5. The Hall–Kier alpha value is -2.04. The fourth-order valence-electron chi connectivity index (χ4n) is 1.04. The van der Waals surface area contributed by atoms with Crippen molar-refractivity contribution in [1.82, 2.24) is 0 Å². The zero-order valence-electron chi connectivity index (χ0n) is 9.89. The van der Waals surface area contributed by atoms with Gasteiger partial charge in [-0.15, -0.1) is 0 Å². The molecule has 0 unspecified atom stereocenters. The van der Waals surface area contributed by atoms with E-state index in [9.17, 15) is 14.7 Å². The van der Waals surface area contributed by atoms with Crippen molar-refractivity contribution in [3.05, 3.63) is 18.2 Å². The number of esters is 2. The molecular formula is C12H14O5. The van der Waals surface area contributed by atoms with Crippen LogP contribution in [0.25, 0.3) is 0 Å². The second-order valence-electron chi connectivity index (χ2n) is 3.80. The van der Waals surface area contributed by atoms with E-state index in [2.05, 4.69) is 0 Å². The maximum atomic E-state index is 11.3. The van der Waals surface area contributed by atoms with E-state index in [1.165, 1.54) is 25.1 Å². The van der Waals surface area contributed by atoms with Crippen LogP contribution in [-0.4, -0.2) is 17.0 Å². The molecule has 0 radical (unpaired) electrons. The maximum Gasteiger partial charge on any atom is 0.313 e. The van der Waals surface area contributed by atoms with E-state index in [0.717, 1.165) is 0 Å². The minimum absolute atomic E-state index is 0.0295. The molecule has 0 aromatic heterocycles. The zero-order valence-corrected chi connectivity index (χ0v) is 9.89. The predicted molar refractivity (Wildman–Crippen MR) is 59.9 cm³/mol. The largest absolute Gasteiger partial charge is 0.504 e. The molecule has 1 rings (SSSR count). The highest BCUT2D eigenvalue weighted by molar-refractivity contribution is 5.75. The average molecular weight is 238 g/mol. The van der Waals surface area contributed by atoms with Gasteiger partial charge >= 0.3 is 11.9 Å². The molecule has 0 heterocycles. The summed E-state index contributed by atoms with van der Waals surface area (Å²) in [4.78, 5) is 22.0. The van der Waals surface area contributed by atoms with Crippen molar-refractivity contribution in [3.8, 4) is 17.2 Å². The van der Waals surface area contributed by atoms with Gasteiger partial charge in [0.15, 0.2) is 11.5 Å². The number of rotatable bonds is 3. The van der Waals surface area contributed by atoms with E-state index in [1.807, 2.05) is 0 Å². The van der Waals surface area contributed by atoms with Crippen molar-refractivity contribution in [2.45, 2.75) is 20.8 Å². The highest BCUT2D eigenvalue weighted by Crippen LogP contribution is 2.30. The van der Waals surface area contributed by atoms with Gasteiger partial charge in [0.1, 0.15) is 5.75 Å². The van der Waals surface area contributed by atoms with E-state index in [-0.39, 0.29) is 23.2 Å². The lowest BCUT2D eigenvalue weighted by molar-refractivity contribution is -0.138. The number of carbonyl (C=O) groups excluding carboxylic acids is 2. The third-order valence-corrected chi connectivity index (χ3v) is 1.87. The molecule has 0 spiro atoms. The number of hydrogen-bond acceptors (Lipinski definition) is 5. The van der Waals surface area contributed by atoms with Crippen molar-refractivity contribution < 1.29 is 24.2 Å². The Labute approximate surface area is 99.0 Å². The number of phenols is 1. The molecule has 0 fully saturated rings. The van der Waals surface area contributed by atoms with Crippen molar-refractivity contribution >= 4 is 11.9 Å². The van der Waals surface area contributed by atoms with E-state index < -0.39 is 11.9 Å². The average Bonchev–Trinajstić information content (AvgIpc) is 2.21. The monoisotopic (exact) mass is 238 g/mol. The molecule has 0 aliphatic rings. The van der Waals surface area contributed by atoms with Crippen LogP contribution in [0.15, 0.2) is 18.2 Å². The summed E-state index contributed by atoms with van der Waals surface area (Å²) in [6.45, 7) is 4.64. The molecule has 5 heteroatoms. The lowest BCUT2D eigenvalue weighted by atomic mass is 10.2. The van der Waals surface area contributed by atoms with Crippen LogP contribution in [0.1, 0.15) is 20.8 Å². The Morgan fingerprint density at radius 3 is 2.35 bits per heavy atom. The minimum Gasteiger partial charge on any atom is -0.504 e. The van der Waals surface area contributed by atoms with Gasteiger partial charge in [-0.05, 0) is 12.1 Å². The van der Waals surface area contributed by atoms with Gasteiger partial charge in [-0.1, -0.05) is 13.8 Å². The summed E-state index contributed by atoms with van der Waals surface area (Å²) in [5.41, 5.74) is 0. The third-order valence-electron chi connectivity index (χ3n) is 1.87. The molecule has 0 saturated heterocycles. The number of hydrogen-bond donors (Lipinski definition) is 1. The topological polar surface area (TPSA) is 72.8 Å². The Bertz CT molecular complexity index is 437. The number of aromatic hydroxyl groups is 1. The van der Waals surface area contributed by atoms with Crippen LogP contribution in [-0.2, 0) is 9.59 Å². The zero-order chi connectivity index (χ0) is 13.0. The first kappa shape index (κ1) is 13.0. The summed E-state index contributed by atoms with van der Waals surface area (Å²) in [5, 5.41) is 9.52. The van der Waals surface area contributed by atoms with Crippen molar-refractivity contribution in [2.24, 2.45) is 5.92 Å². The van der Waals surface area contributed by atoms with E-state index >= 15 is 0 Å². The van der Waals surface area contributed by atoms with Crippen LogP contribution in [0.5, 0.6) is 17.2 Å². The Morgan fingerprint density at radius 1 is 1.24 bits per heavy atom. The van der Waals surface area contributed by atoms with Gasteiger partial charge in [-0.2, -0.15) is 0 Å². The van der Waals surface area contributed by atoms with Gasteiger partial charge < -0.3 is 14.6 Å². The number of carbonyl (C=O) groups is 2. The van der Waals surface area contributed by atoms with E-state index in [4.69, 9.17) is 9.47 Å². The molecule has 0 aliphatic carbocycles. The molecule has 92 valence electrons. The van der Waals surface area contributed by atoms with Gasteiger partial charge in [-0.25, -0.2) is 0 Å². The standard InChI is InChI=1S/C12H14O5/c1-7(2)12(15)17-9-4-5-11(10(14)6-9)16-8(3)13/h4-7,14H,1-3H3. The molecule has 0 bridgehead atoms. The Balaban J connectivity index is 2.82. The number of phenolic OH excluding ortho intramolecular Hbond substituents is 1. The molecule has 0 saturated carbocycles. The summed E-state index contributed by atoms with van der Waals surface area (Å²) in [6.07, 6.45) is 0. The normalized spacial score (nSPS) is 10.1. The molecule has 1 aromatic carbocycles. The van der Waals surface area contributed by atoms with Crippen LogP contribution in [0.3, 0.4) is 0 Å². The number of ether oxygens (including phenoxy) is 2. The number of benzene rings is 1. The molecule has 5 nitrogen and oxygen atoms in total. The molecule has 0 amide bonds. The first-order valence-electron chi connectivity index (χ1n) is 5.13. The van der Waals surface area contributed by atoms with E-state index in [1.54, 1.807) is 13.8 Å². The SMILES string of the molecule is CC(=O)Oc1ccc(OC(=O)C(C)C)cc1O. The fourth-order valence-corrected chi connectivity index (χ4v) is 1.04. The van der Waals surface area contributed by atoms with Crippen molar-refractivity contribution in [1.29, 1.82) is 0 Å². The third kappa shape index (κ3) is 3.79. The lowest BCUT2D eigenvalue weighted by Gasteiger charge is -2.08. The predicted octanol–water partition coefficient (Wildman–Crippen LogP) is 1.88. The second kappa shape index (κ2) is 5.34. The van der Waals surface area contributed by atoms with Crippen LogP contribution in [0.2, 0.25) is 0 Å². The Morgan fingerprint density at radius 2 is 1.88 bits per heavy atom. The van der Waals surface area contributed by atoms with Gasteiger partial charge in [0, 0.05) is 13.0 Å². The molecule has 0 aliphatic heterocycles. The van der Waals surface area contributed by atoms with Gasteiger partial charge in [-0.3, -0.25) is 9.59 Å². The smallest absolute Gasteiger partial charge is 0.313 e. The summed E-state index contributed by atoms with van der Waals surface area (Å²) in [6, 6.07) is 4.02. The van der Waals surface area contributed by atoms with Crippen LogP contribution in [0.4, 0.5) is 0 Å². The first-order valence-corrected chi connectivity index (χ1v) is 5.13. The van der Waals surface area contributed by atoms with E-state index in [0.29, 0.717) is 0 Å². The summed E-state index contributed by atoms with van der Waals surface area (Å²) in [5.74, 6) is -1.21. The molecule has 0 atom stereocenters. The van der Waals surface area contributed by atoms with Gasteiger partial charge in [0.05, 0.1) is 5.92 Å². The molecule has 1 aromatic rings. The molecule has 17 heavy (non-hydrogen) atoms. The summed E-state index contributed by atoms with van der Waals surface area (Å²) >= 11 is 0. The van der Waals surface area contributed by atoms with Crippen LogP contribution in [0, 0.1) is 5.92 Å². The molecular weight excluding hydrogens is 224 g/mol. The van der Waals surface area contributed by atoms with Crippen molar-refractivity contribution in [3.63, 3.8) is 0 Å². The highest BCUT2D eigenvalue weighted by Gasteiger charge is 2.12. The first-order chi connectivity index (χ1) is 7.90. The summed E-state index contributed by atoms with van der Waals surface area (Å²) < 4.78 is 9.70. The van der Waals surface area contributed by atoms with Crippen molar-refractivity contribution in [2.75, 3.05) is 0 Å². The minimum atomic E-state index is -0.535.